The van der Waals surface area contributed by atoms with E-state index in [4.69, 9.17) is 11.6 Å². The number of nitrogens with one attached hydrogen (secondary N) is 3. The fourth-order valence-corrected chi connectivity index (χ4v) is 2.02. The molecule has 0 aromatic heterocycles. The normalized spacial score (nSPS) is 9.96. The number of carbonyl (C=O) groups excluding carboxylic acids is 2. The molecular formula is C14H19ClN5O5+. The lowest BCUT2D eigenvalue weighted by Gasteiger charge is -2.09. The van der Waals surface area contributed by atoms with Crippen LogP contribution in [-0.2, 0) is 0 Å². The molecule has 0 spiro atoms. The van der Waals surface area contributed by atoms with Crippen LogP contribution in [0.3, 0.4) is 0 Å². The Morgan fingerprint density at radius 2 is 1.76 bits per heavy atom. The molecule has 1 aromatic rings. The van der Waals surface area contributed by atoms with Crippen LogP contribution in [0.25, 0.3) is 0 Å². The first-order valence-electron chi connectivity index (χ1n) is 7.51. The van der Waals surface area contributed by atoms with E-state index >= 15 is 0 Å². The fourth-order valence-electron chi connectivity index (χ4n) is 1.85. The molecule has 0 radical (unpaired) electrons. The third-order valence-electron chi connectivity index (χ3n) is 3.17. The van der Waals surface area contributed by atoms with Crippen molar-refractivity contribution in [3.8, 4) is 0 Å². The van der Waals surface area contributed by atoms with Gasteiger partial charge in [-0.3, -0.25) is 14.9 Å². The molecule has 0 aliphatic heterocycles. The largest absolute Gasteiger partial charge is 0.373 e. The van der Waals surface area contributed by atoms with Crippen LogP contribution in [0.5, 0.6) is 0 Å². The van der Waals surface area contributed by atoms with Crippen LogP contribution >= 0.6 is 11.6 Å². The number of nitrogens with zero attached hydrogens (tertiary/aromatic N) is 2. The van der Waals surface area contributed by atoms with E-state index in [2.05, 4.69) is 10.6 Å². The summed E-state index contributed by atoms with van der Waals surface area (Å²) in [6.45, 7) is 0.811. The number of hydrogen-bond donors (Lipinski definition) is 3. The lowest BCUT2D eigenvalue weighted by Crippen LogP contribution is -2.81. The summed E-state index contributed by atoms with van der Waals surface area (Å²) in [5.41, 5.74) is 0.250. The molecule has 0 heterocycles. The number of nitro benzene ring substituents is 1. The number of benzene rings is 1. The lowest BCUT2D eigenvalue weighted by atomic mass is 10.2. The molecule has 0 fully saturated rings. The maximum atomic E-state index is 11.9. The summed E-state index contributed by atoms with van der Waals surface area (Å²) in [5, 5.41) is 18.1. The molecule has 0 saturated carbocycles. The van der Waals surface area contributed by atoms with Crippen molar-refractivity contribution in [3.05, 3.63) is 44.9 Å². The number of unbranched alkanes of at least 4 members (excludes halogenated alkanes) is 1. The quantitative estimate of drug-likeness (QED) is 0.232. The second-order valence-corrected chi connectivity index (χ2v) is 5.31. The zero-order valence-electron chi connectivity index (χ0n) is 13.4. The first-order chi connectivity index (χ1) is 12.0. The molecule has 0 aliphatic rings. The third-order valence-corrected chi connectivity index (χ3v) is 3.34. The molecule has 3 N–H and O–H groups in total. The van der Waals surface area contributed by atoms with Crippen LogP contribution in [0.4, 0.5) is 10.5 Å². The molecule has 0 aliphatic carbocycles. The number of nitro groups is 1. The van der Waals surface area contributed by atoms with Gasteiger partial charge in [0, 0.05) is 41.6 Å². The van der Waals surface area contributed by atoms with E-state index in [-0.39, 0.29) is 24.0 Å². The summed E-state index contributed by atoms with van der Waals surface area (Å²) in [7, 11) is 0. The van der Waals surface area contributed by atoms with Gasteiger partial charge < -0.3 is 10.6 Å². The monoisotopic (exact) mass is 372 g/mol. The first kappa shape index (κ1) is 20.3. The molecule has 0 bridgehead atoms. The van der Waals surface area contributed by atoms with Gasteiger partial charge in [0.2, 0.25) is 0 Å². The van der Waals surface area contributed by atoms with Crippen LogP contribution in [-0.4, -0.2) is 47.4 Å². The van der Waals surface area contributed by atoms with Gasteiger partial charge in [-0.15, -0.1) is 11.6 Å². The summed E-state index contributed by atoms with van der Waals surface area (Å²) >= 11 is 5.45. The second kappa shape index (κ2) is 10.9. The van der Waals surface area contributed by atoms with Gasteiger partial charge in [0.15, 0.2) is 0 Å². The van der Waals surface area contributed by atoms with E-state index in [1.54, 1.807) is 0 Å². The van der Waals surface area contributed by atoms with Crippen molar-refractivity contribution in [1.29, 1.82) is 0 Å². The summed E-state index contributed by atoms with van der Waals surface area (Å²) in [4.78, 5) is 43.9. The summed E-state index contributed by atoms with van der Waals surface area (Å²) in [5.74, 6) is -0.195. The molecule has 136 valence electrons. The van der Waals surface area contributed by atoms with Gasteiger partial charge in [-0.05, 0) is 25.0 Å². The molecule has 25 heavy (non-hydrogen) atoms. The number of hydrogen-bond acceptors (Lipinski definition) is 5. The van der Waals surface area contributed by atoms with E-state index in [0.29, 0.717) is 31.5 Å². The van der Waals surface area contributed by atoms with Crippen LogP contribution < -0.4 is 15.9 Å². The molecule has 0 atom stereocenters. The second-order valence-electron chi connectivity index (χ2n) is 4.93. The van der Waals surface area contributed by atoms with Crippen molar-refractivity contribution in [2.75, 3.05) is 25.5 Å². The van der Waals surface area contributed by atoms with Crippen molar-refractivity contribution < 1.29 is 19.8 Å². The number of nitroso groups, excluding NO2 is 1. The van der Waals surface area contributed by atoms with Crippen molar-refractivity contribution in [2.24, 2.45) is 0 Å². The van der Waals surface area contributed by atoms with Crippen LogP contribution in [0.2, 0.25) is 0 Å². The van der Waals surface area contributed by atoms with Gasteiger partial charge in [-0.25, -0.2) is 4.79 Å². The Hall–Kier alpha value is -2.75. The summed E-state index contributed by atoms with van der Waals surface area (Å²) in [6, 6.07) is 4.73. The SMILES string of the molecule is O=[NH+]N(CCCl)C(=O)NCCCCNC(=O)c1ccc([N+](=O)[O-])cc1. The highest BCUT2D eigenvalue weighted by Crippen LogP contribution is 2.11. The Labute approximate surface area is 148 Å². The van der Waals surface area contributed by atoms with Crippen LogP contribution in [0.15, 0.2) is 24.3 Å². The van der Waals surface area contributed by atoms with Gasteiger partial charge in [0.05, 0.1) is 4.92 Å². The van der Waals surface area contributed by atoms with E-state index in [1.165, 1.54) is 29.6 Å². The lowest BCUT2D eigenvalue weighted by molar-refractivity contribution is -0.639. The number of rotatable bonds is 10. The zero-order chi connectivity index (χ0) is 18.7. The minimum atomic E-state index is -0.564. The minimum Gasteiger partial charge on any atom is -0.352 e. The molecule has 11 heteroatoms. The standard InChI is InChI=1S/C14H18ClN5O5/c15-7-10-19(18-23)14(22)17-9-2-1-8-16-13(21)11-3-5-12(6-4-11)20(24)25/h3-6H,1-2,7-10H2,(H,16,21)(H,17,22)/p+1. The highest BCUT2D eigenvalue weighted by atomic mass is 35.5. The smallest absolute Gasteiger partial charge is 0.352 e. The van der Waals surface area contributed by atoms with Crippen molar-refractivity contribution in [2.45, 2.75) is 12.8 Å². The van der Waals surface area contributed by atoms with Gasteiger partial charge in [-0.1, -0.05) is 5.01 Å². The number of alkyl halides is 1. The Morgan fingerprint density at radius 3 is 2.28 bits per heavy atom. The number of amides is 3. The van der Waals surface area contributed by atoms with Crippen molar-refractivity contribution in [1.82, 2.24) is 15.6 Å². The number of hydrazine groups is 1. The van der Waals surface area contributed by atoms with E-state index in [1.807, 2.05) is 0 Å². The van der Waals surface area contributed by atoms with E-state index in [9.17, 15) is 24.6 Å². The van der Waals surface area contributed by atoms with Crippen LogP contribution in [0, 0.1) is 15.0 Å². The Kier molecular flexibility index (Phi) is 8.86. The minimum absolute atomic E-state index is 0.0805. The highest BCUT2D eigenvalue weighted by molar-refractivity contribution is 6.18. The summed E-state index contributed by atoms with van der Waals surface area (Å²) < 4.78 is 0. The zero-order valence-corrected chi connectivity index (χ0v) is 14.1. The predicted molar refractivity (Wildman–Crippen MR) is 89.8 cm³/mol. The Balaban J connectivity index is 2.22. The first-order valence-corrected chi connectivity index (χ1v) is 8.04. The molecule has 0 saturated heterocycles. The Bertz CT molecular complexity index is 610. The maximum absolute atomic E-state index is 11.9. The molecule has 1 rings (SSSR count). The van der Waals surface area contributed by atoms with Crippen molar-refractivity contribution in [3.63, 3.8) is 0 Å². The molecule has 3 amide bonds. The van der Waals surface area contributed by atoms with Gasteiger partial charge in [0.25, 0.3) is 11.6 Å². The topological polar surface area (TPSA) is 136 Å². The predicted octanol–water partition coefficient (Wildman–Crippen LogP) is 0.117. The van der Waals surface area contributed by atoms with E-state index in [0.717, 1.165) is 5.01 Å². The highest BCUT2D eigenvalue weighted by Gasteiger charge is 2.17. The van der Waals surface area contributed by atoms with Gasteiger partial charge in [0.1, 0.15) is 11.8 Å². The molecular weight excluding hydrogens is 354 g/mol. The van der Waals surface area contributed by atoms with Crippen molar-refractivity contribution >= 4 is 29.2 Å². The van der Waals surface area contributed by atoms with Crippen LogP contribution in [0.1, 0.15) is 23.2 Å². The fraction of sp³-hybridized carbons (Fsp3) is 0.429. The molecule has 10 nitrogen and oxygen atoms in total. The van der Waals surface area contributed by atoms with Gasteiger partial charge in [-0.2, -0.15) is 0 Å². The third kappa shape index (κ3) is 7.12. The number of non-ortho nitro benzene ring substituents is 1. The molecule has 1 aromatic carbocycles. The number of carbonyl (C=O) groups is 2. The number of halogens is 1. The number of urea groups is 1. The Morgan fingerprint density at radius 1 is 1.16 bits per heavy atom. The molecule has 0 unspecified atom stereocenters. The average molecular weight is 373 g/mol. The van der Waals surface area contributed by atoms with Gasteiger partial charge >= 0.3 is 6.03 Å². The average Bonchev–Trinajstić information content (AvgIpc) is 2.62. The summed E-state index contributed by atoms with van der Waals surface area (Å²) in [6.07, 6.45) is 1.21. The van der Waals surface area contributed by atoms with E-state index < -0.39 is 11.0 Å². The maximum Gasteiger partial charge on any atom is 0.373 e.